The van der Waals surface area contributed by atoms with Gasteiger partial charge in [0.05, 0.1) is 31.8 Å². The van der Waals surface area contributed by atoms with Crippen LogP contribution in [0.3, 0.4) is 0 Å². The second-order valence-electron chi connectivity index (χ2n) is 19.2. The number of benzene rings is 1. The Hall–Kier alpha value is -2.72. The van der Waals surface area contributed by atoms with Crippen LogP contribution in [0.15, 0.2) is 29.4 Å². The molecule has 0 aliphatic rings. The molecule has 10 nitrogen and oxygen atoms in total. The van der Waals surface area contributed by atoms with Gasteiger partial charge in [-0.05, 0) is 97.0 Å². The highest BCUT2D eigenvalue weighted by Gasteiger charge is 2.44. The Kier molecular flexibility index (Phi) is 23.3. The van der Waals surface area contributed by atoms with E-state index in [-0.39, 0.29) is 53.3 Å². The van der Waals surface area contributed by atoms with Gasteiger partial charge in [0.2, 0.25) is 5.78 Å². The molecule has 59 heavy (non-hydrogen) atoms. The molecule has 0 aromatic heterocycles. The van der Waals surface area contributed by atoms with Crippen LogP contribution in [0.2, 0.25) is 55.9 Å². The molecule has 0 amide bonds. The Labute approximate surface area is 361 Å². The molecule has 1 rings (SSSR count). The number of nitrogens with zero attached hydrogens (tertiary/aromatic N) is 3. The van der Waals surface area contributed by atoms with E-state index >= 15 is 0 Å². The number of carbonyl (C=O) groups is 2. The van der Waals surface area contributed by atoms with E-state index in [1.807, 2.05) is 45.0 Å². The van der Waals surface area contributed by atoms with E-state index in [1.165, 1.54) is 0 Å². The number of hydrogen-bond donors (Lipinski definition) is 1. The summed E-state index contributed by atoms with van der Waals surface area (Å²) in [7, 11) is -4.77. The summed E-state index contributed by atoms with van der Waals surface area (Å²) in [6, 6.07) is 10.2. The first-order chi connectivity index (χ1) is 27.4. The fraction of sp³-hybridized carbons (Fsp3) is 0.739. The number of ether oxygens (including phenoxy) is 2. The summed E-state index contributed by atoms with van der Waals surface area (Å²) >= 11 is 0. The minimum absolute atomic E-state index is 0.0177. The van der Waals surface area contributed by atoms with Crippen molar-refractivity contribution in [1.29, 1.82) is 0 Å². The van der Waals surface area contributed by atoms with Gasteiger partial charge in [-0.3, -0.25) is 9.59 Å². The Morgan fingerprint density at radius 1 is 0.898 bits per heavy atom. The van der Waals surface area contributed by atoms with Crippen molar-refractivity contribution < 1.29 is 33.0 Å². The number of hydrogen-bond acceptors (Lipinski definition) is 8. The zero-order valence-electron chi connectivity index (χ0n) is 39.5. The minimum Gasteiger partial charge on any atom is -0.497 e. The van der Waals surface area contributed by atoms with Crippen LogP contribution in [0, 0.1) is 47.0 Å². The maximum absolute atomic E-state index is 13.9. The smallest absolute Gasteiger partial charge is 0.235 e. The van der Waals surface area contributed by atoms with Crippen LogP contribution in [-0.4, -0.2) is 79.5 Å². The molecule has 8 atom stereocenters. The number of ketones is 2. The molecule has 1 aromatic carbocycles. The molecule has 0 aliphatic carbocycles. The van der Waals surface area contributed by atoms with Crippen LogP contribution in [0.25, 0.3) is 10.4 Å². The predicted molar refractivity (Wildman–Crippen MR) is 250 cm³/mol. The van der Waals surface area contributed by atoms with Crippen LogP contribution in [-0.2, 0) is 29.8 Å². The van der Waals surface area contributed by atoms with Crippen molar-refractivity contribution >= 4 is 36.3 Å². The molecule has 332 valence electrons. The summed E-state index contributed by atoms with van der Waals surface area (Å²) in [6.07, 6.45) is -1.71. The van der Waals surface area contributed by atoms with Crippen molar-refractivity contribution in [2.24, 2.45) is 28.8 Å². The third kappa shape index (κ3) is 19.3. The van der Waals surface area contributed by atoms with Gasteiger partial charge < -0.3 is 23.4 Å². The summed E-state index contributed by atoms with van der Waals surface area (Å²) in [6.45, 7) is 32.2. The molecule has 13 heteroatoms. The van der Waals surface area contributed by atoms with Crippen LogP contribution in [0.4, 0.5) is 0 Å². The first-order valence-electron chi connectivity index (χ1n) is 21.7. The van der Waals surface area contributed by atoms with Gasteiger partial charge in [0.25, 0.3) is 0 Å². The van der Waals surface area contributed by atoms with Crippen LogP contribution in [0.5, 0.6) is 5.75 Å². The number of rotatable bonds is 25. The molecule has 0 saturated heterocycles. The zero-order chi connectivity index (χ0) is 45.2. The van der Waals surface area contributed by atoms with Gasteiger partial charge in [-0.1, -0.05) is 105 Å². The maximum atomic E-state index is 13.9. The third-order valence-electron chi connectivity index (χ3n) is 11.8. The molecule has 0 saturated carbocycles. The van der Waals surface area contributed by atoms with E-state index in [1.54, 1.807) is 7.11 Å². The van der Waals surface area contributed by atoms with Crippen molar-refractivity contribution in [3.63, 3.8) is 0 Å². The minimum atomic E-state index is -2.42. The highest BCUT2D eigenvalue weighted by atomic mass is 28.4. The van der Waals surface area contributed by atoms with Crippen molar-refractivity contribution in [1.82, 2.24) is 0 Å². The van der Waals surface area contributed by atoms with Crippen molar-refractivity contribution in [2.75, 3.05) is 13.7 Å². The van der Waals surface area contributed by atoms with Gasteiger partial charge in [-0.25, -0.2) is 0 Å². The SMILES string of the molecule is CC[Si](CC)(CC)O[C@H](CC(=O)[C@@H](C)C[C@@H](C)CN=[N+]=[N-])[C@H](O)[C@@H](C[C@H](C)CC#CC(=O)[C@@H](OCc1ccc(OC)cc1)[C@@H](C)C#C[Si](C)(C)C)O[Si](C)(C)C(C)(C)C. The molecule has 1 N–H and O–H groups in total. The molecule has 0 spiro atoms. The lowest BCUT2D eigenvalue weighted by atomic mass is 9.88. The number of methoxy groups -OCH3 is 1. The highest BCUT2D eigenvalue weighted by molar-refractivity contribution is 6.83. The third-order valence-corrected chi connectivity index (χ3v) is 21.9. The van der Waals surface area contributed by atoms with Crippen LogP contribution < -0.4 is 4.74 Å². The van der Waals surface area contributed by atoms with Gasteiger partial charge in [0, 0.05) is 30.2 Å². The van der Waals surface area contributed by atoms with E-state index in [2.05, 4.69) is 115 Å². The number of aliphatic hydroxyl groups excluding tert-OH is 1. The molecule has 0 fully saturated rings. The molecule has 0 radical (unpaired) electrons. The molecule has 0 heterocycles. The van der Waals surface area contributed by atoms with Gasteiger partial charge in [-0.15, -0.1) is 11.5 Å². The number of azide groups is 1. The average Bonchev–Trinajstić information content (AvgIpc) is 3.16. The summed E-state index contributed by atoms with van der Waals surface area (Å²) in [5.41, 5.74) is 13.1. The van der Waals surface area contributed by atoms with Crippen LogP contribution >= 0.6 is 0 Å². The Bertz CT molecular complexity index is 1620. The lowest BCUT2D eigenvalue weighted by Gasteiger charge is -2.44. The van der Waals surface area contributed by atoms with E-state index < -0.39 is 49.1 Å². The monoisotopic (exact) mass is 870 g/mol. The Balaban J connectivity index is 3.49. The lowest BCUT2D eigenvalue weighted by molar-refractivity contribution is -0.128. The molecular weight excluding hydrogens is 791 g/mol. The molecule has 0 bridgehead atoms. The van der Waals surface area contributed by atoms with Crippen molar-refractivity contribution in [3.8, 4) is 29.1 Å². The Morgan fingerprint density at radius 2 is 1.49 bits per heavy atom. The zero-order valence-corrected chi connectivity index (χ0v) is 42.5. The number of aliphatic hydroxyl groups is 1. The van der Waals surface area contributed by atoms with Crippen molar-refractivity contribution in [2.45, 2.75) is 182 Å². The van der Waals surface area contributed by atoms with E-state index in [0.29, 0.717) is 25.8 Å². The van der Waals surface area contributed by atoms with Gasteiger partial charge in [0.1, 0.15) is 31.8 Å². The molecule has 1 aromatic rings. The highest BCUT2D eigenvalue weighted by Crippen LogP contribution is 2.39. The first kappa shape index (κ1) is 54.3. The van der Waals surface area contributed by atoms with E-state index in [4.69, 9.17) is 23.9 Å². The largest absolute Gasteiger partial charge is 0.497 e. The van der Waals surface area contributed by atoms with Gasteiger partial charge >= 0.3 is 0 Å². The summed E-state index contributed by atoms with van der Waals surface area (Å²) in [5, 5.41) is 16.0. The normalized spacial score (nSPS) is 16.4. The maximum Gasteiger partial charge on any atom is 0.235 e. The van der Waals surface area contributed by atoms with E-state index in [0.717, 1.165) is 29.4 Å². The fourth-order valence-corrected chi connectivity index (χ4v) is 11.5. The van der Waals surface area contributed by atoms with Gasteiger partial charge in [-0.2, -0.15) is 0 Å². The molecule has 0 unspecified atom stereocenters. The molecular formula is C46H79N3O7Si3. The number of carbonyl (C=O) groups excluding carboxylic acids is 2. The van der Waals surface area contributed by atoms with Gasteiger partial charge in [0.15, 0.2) is 16.6 Å². The fourth-order valence-electron chi connectivity index (χ4n) is 6.61. The summed E-state index contributed by atoms with van der Waals surface area (Å²) < 4.78 is 25.6. The standard InChI is InChI=1S/C46H79N3O7Si3/c1-17-59(18-2,19-3)56-43(31-41(51)37(7)29-35(5)32-48-49-47)44(52)42(55-58(15,16)46(8,9)10)30-34(4)21-20-22-40(50)45(36(6)27-28-57(12,13)14)54-33-38-23-25-39(53-11)26-24-38/h23-26,34-37,42-45,52H,17-19,21,29-33H2,1-16H3/t34-,35-,36+,37+,42-,43-,44-,45+/m1/s1. The Morgan fingerprint density at radius 3 is 2.00 bits per heavy atom. The lowest BCUT2D eigenvalue weighted by Crippen LogP contribution is -2.53. The van der Waals surface area contributed by atoms with Crippen LogP contribution in [0.1, 0.15) is 100 Å². The number of Topliss-reactive ketones (excluding diaryl/α,β-unsaturated/α-hetero) is 2. The average molecular weight is 870 g/mol. The second-order valence-corrected chi connectivity index (χ2v) is 33.5. The van der Waals surface area contributed by atoms with E-state index in [9.17, 15) is 14.7 Å². The van der Waals surface area contributed by atoms with Crippen molar-refractivity contribution in [3.05, 3.63) is 40.3 Å². The second kappa shape index (κ2) is 25.3. The summed E-state index contributed by atoms with van der Waals surface area (Å²) in [5.74, 6) is 9.13. The first-order valence-corrected chi connectivity index (χ1v) is 30.7. The quantitative estimate of drug-likeness (QED) is 0.0258. The predicted octanol–water partition coefficient (Wildman–Crippen LogP) is 11.2. The summed E-state index contributed by atoms with van der Waals surface area (Å²) in [4.78, 5) is 30.5. The molecule has 0 aliphatic heterocycles. The topological polar surface area (TPSA) is 140 Å².